The first-order valence-corrected chi connectivity index (χ1v) is 8.73. The summed E-state index contributed by atoms with van der Waals surface area (Å²) in [5.41, 5.74) is 8.23. The van der Waals surface area contributed by atoms with Gasteiger partial charge >= 0.3 is 0 Å². The van der Waals surface area contributed by atoms with E-state index in [2.05, 4.69) is 10.6 Å². The molecule has 1 aromatic carbocycles. The molecule has 0 spiro atoms. The van der Waals surface area contributed by atoms with Crippen molar-refractivity contribution >= 4 is 23.4 Å². The summed E-state index contributed by atoms with van der Waals surface area (Å²) in [6, 6.07) is 5.83. The predicted molar refractivity (Wildman–Crippen MR) is 99.6 cm³/mol. The average molecular weight is 361 g/mol. The summed E-state index contributed by atoms with van der Waals surface area (Å²) >= 11 is 0. The molecule has 1 aliphatic rings. The number of nitrogens with two attached hydrogens (primary N) is 1. The van der Waals surface area contributed by atoms with Crippen LogP contribution in [0, 0.1) is 13.8 Å². The molecule has 3 amide bonds. The first-order valence-electron chi connectivity index (χ1n) is 8.73. The van der Waals surface area contributed by atoms with Crippen molar-refractivity contribution in [1.82, 2.24) is 15.1 Å². The zero-order chi connectivity index (χ0) is 19.1. The highest BCUT2D eigenvalue weighted by atomic mass is 16.2. The largest absolute Gasteiger partial charge is 0.346 e. The summed E-state index contributed by atoms with van der Waals surface area (Å²) in [5.74, 6) is -0.542. The summed E-state index contributed by atoms with van der Waals surface area (Å²) in [7, 11) is 0. The highest BCUT2D eigenvalue weighted by Crippen LogP contribution is 2.17. The van der Waals surface area contributed by atoms with Gasteiger partial charge in [-0.05, 0) is 31.0 Å². The van der Waals surface area contributed by atoms with Crippen molar-refractivity contribution in [3.63, 3.8) is 0 Å². The van der Waals surface area contributed by atoms with E-state index in [4.69, 9.17) is 5.73 Å². The van der Waals surface area contributed by atoms with Crippen LogP contribution in [0.1, 0.15) is 11.1 Å². The molecule has 0 bridgehead atoms. The molecule has 0 saturated carbocycles. The molecule has 26 heavy (non-hydrogen) atoms. The zero-order valence-electron chi connectivity index (χ0n) is 15.4. The summed E-state index contributed by atoms with van der Waals surface area (Å²) in [6.45, 7) is 6.44. The predicted octanol–water partition coefficient (Wildman–Crippen LogP) is -0.539. The van der Waals surface area contributed by atoms with Crippen LogP contribution in [0.4, 0.5) is 5.69 Å². The minimum atomic E-state index is -0.347. The molecule has 1 aromatic rings. The Hall–Kier alpha value is -2.45. The normalized spacial score (nSPS) is 14.8. The van der Waals surface area contributed by atoms with Crippen molar-refractivity contribution in [2.24, 2.45) is 5.73 Å². The van der Waals surface area contributed by atoms with Crippen molar-refractivity contribution in [3.05, 3.63) is 29.3 Å². The molecule has 0 unspecified atom stereocenters. The van der Waals surface area contributed by atoms with Gasteiger partial charge in [0.2, 0.25) is 17.7 Å². The van der Waals surface area contributed by atoms with Crippen LogP contribution in [0.15, 0.2) is 18.2 Å². The van der Waals surface area contributed by atoms with Gasteiger partial charge in [-0.3, -0.25) is 19.3 Å². The standard InChI is InChI=1S/C18H27N5O3/c1-13-4-3-5-15(14(13)2)21-17(25)12-22-6-8-23(9-7-22)18(26)11-20-16(24)10-19/h3-5H,6-12,19H2,1-2H3,(H,20,24)(H,21,25). The van der Waals surface area contributed by atoms with E-state index in [1.54, 1.807) is 4.90 Å². The van der Waals surface area contributed by atoms with Gasteiger partial charge in [-0.15, -0.1) is 0 Å². The molecule has 8 nitrogen and oxygen atoms in total. The molecule has 8 heteroatoms. The molecule has 2 rings (SSSR count). The van der Waals surface area contributed by atoms with Crippen LogP contribution in [0.2, 0.25) is 0 Å². The van der Waals surface area contributed by atoms with Crippen LogP contribution in [0.3, 0.4) is 0 Å². The van der Waals surface area contributed by atoms with E-state index in [-0.39, 0.29) is 30.8 Å². The second-order valence-corrected chi connectivity index (χ2v) is 6.43. The van der Waals surface area contributed by atoms with E-state index in [1.807, 2.05) is 36.9 Å². The zero-order valence-corrected chi connectivity index (χ0v) is 15.4. The lowest BCUT2D eigenvalue weighted by Gasteiger charge is -2.34. The van der Waals surface area contributed by atoms with Crippen molar-refractivity contribution in [2.75, 3.05) is 51.1 Å². The Balaban J connectivity index is 1.76. The third kappa shape index (κ3) is 5.53. The minimum absolute atomic E-state index is 0.0385. The lowest BCUT2D eigenvalue weighted by atomic mass is 10.1. The summed E-state index contributed by atoms with van der Waals surface area (Å²) in [6.07, 6.45) is 0. The number of aryl methyl sites for hydroxylation is 1. The second kappa shape index (κ2) is 9.30. The highest BCUT2D eigenvalue weighted by Gasteiger charge is 2.22. The third-order valence-corrected chi connectivity index (χ3v) is 4.59. The maximum absolute atomic E-state index is 12.3. The van der Waals surface area contributed by atoms with Gasteiger partial charge in [-0.25, -0.2) is 0 Å². The maximum atomic E-state index is 12.3. The Bertz CT molecular complexity index is 669. The van der Waals surface area contributed by atoms with Gasteiger partial charge in [-0.1, -0.05) is 12.1 Å². The fourth-order valence-electron chi connectivity index (χ4n) is 2.79. The molecule has 142 valence electrons. The average Bonchev–Trinajstić information content (AvgIpc) is 2.63. The quantitative estimate of drug-likeness (QED) is 0.631. The van der Waals surface area contributed by atoms with Gasteiger partial charge in [0.25, 0.3) is 0 Å². The number of anilines is 1. The molecule has 1 heterocycles. The number of carbonyl (C=O) groups is 3. The van der Waals surface area contributed by atoms with E-state index in [0.29, 0.717) is 32.7 Å². The Morgan fingerprint density at radius 1 is 1.08 bits per heavy atom. The fraction of sp³-hybridized carbons (Fsp3) is 0.500. The molecule has 1 fully saturated rings. The first-order chi connectivity index (χ1) is 12.4. The van der Waals surface area contributed by atoms with Crippen LogP contribution >= 0.6 is 0 Å². The van der Waals surface area contributed by atoms with E-state index < -0.39 is 0 Å². The lowest BCUT2D eigenvalue weighted by molar-refractivity contribution is -0.134. The number of carbonyl (C=O) groups excluding carboxylic acids is 3. The first kappa shape index (κ1) is 19.9. The molecule has 4 N–H and O–H groups in total. The summed E-state index contributed by atoms with van der Waals surface area (Å²) in [4.78, 5) is 39.1. The van der Waals surface area contributed by atoms with Gasteiger partial charge in [0.15, 0.2) is 0 Å². The highest BCUT2D eigenvalue weighted by molar-refractivity contribution is 5.93. The van der Waals surface area contributed by atoms with E-state index >= 15 is 0 Å². The number of hydrogen-bond acceptors (Lipinski definition) is 5. The number of benzene rings is 1. The SMILES string of the molecule is Cc1cccc(NC(=O)CN2CCN(C(=O)CNC(=O)CN)CC2)c1C. The monoisotopic (exact) mass is 361 g/mol. The lowest BCUT2D eigenvalue weighted by Crippen LogP contribution is -2.52. The van der Waals surface area contributed by atoms with E-state index in [0.717, 1.165) is 16.8 Å². The van der Waals surface area contributed by atoms with Crippen LogP contribution in [0.5, 0.6) is 0 Å². The number of piperazine rings is 1. The van der Waals surface area contributed by atoms with Gasteiger partial charge in [0.1, 0.15) is 0 Å². The Morgan fingerprint density at radius 2 is 1.77 bits per heavy atom. The Labute approximate surface area is 153 Å². The molecule has 0 aliphatic carbocycles. The van der Waals surface area contributed by atoms with Gasteiger partial charge in [0, 0.05) is 31.9 Å². The molecule has 0 radical (unpaired) electrons. The van der Waals surface area contributed by atoms with Crippen molar-refractivity contribution in [2.45, 2.75) is 13.8 Å². The number of nitrogens with one attached hydrogen (secondary N) is 2. The summed E-state index contributed by atoms with van der Waals surface area (Å²) < 4.78 is 0. The fourth-order valence-corrected chi connectivity index (χ4v) is 2.79. The Morgan fingerprint density at radius 3 is 2.42 bits per heavy atom. The van der Waals surface area contributed by atoms with Crippen LogP contribution < -0.4 is 16.4 Å². The van der Waals surface area contributed by atoms with Gasteiger partial charge in [-0.2, -0.15) is 0 Å². The van der Waals surface area contributed by atoms with E-state index in [1.165, 1.54) is 0 Å². The summed E-state index contributed by atoms with van der Waals surface area (Å²) in [5, 5.41) is 5.43. The molecule has 1 aliphatic heterocycles. The minimum Gasteiger partial charge on any atom is -0.346 e. The van der Waals surface area contributed by atoms with Gasteiger partial charge < -0.3 is 21.3 Å². The van der Waals surface area contributed by atoms with Crippen molar-refractivity contribution in [3.8, 4) is 0 Å². The Kier molecular flexibility index (Phi) is 7.11. The molecule has 0 aromatic heterocycles. The number of nitrogens with zero attached hydrogens (tertiary/aromatic N) is 2. The van der Waals surface area contributed by atoms with Crippen molar-refractivity contribution in [1.29, 1.82) is 0 Å². The topological polar surface area (TPSA) is 108 Å². The number of hydrogen-bond donors (Lipinski definition) is 3. The van der Waals surface area contributed by atoms with Gasteiger partial charge in [0.05, 0.1) is 19.6 Å². The molecular weight excluding hydrogens is 334 g/mol. The van der Waals surface area contributed by atoms with Crippen molar-refractivity contribution < 1.29 is 14.4 Å². The second-order valence-electron chi connectivity index (χ2n) is 6.43. The van der Waals surface area contributed by atoms with Crippen LogP contribution in [-0.2, 0) is 14.4 Å². The molecule has 1 saturated heterocycles. The van der Waals surface area contributed by atoms with E-state index in [9.17, 15) is 14.4 Å². The van der Waals surface area contributed by atoms with Crippen LogP contribution in [0.25, 0.3) is 0 Å². The third-order valence-electron chi connectivity index (χ3n) is 4.59. The number of rotatable bonds is 6. The molecular formula is C18H27N5O3. The molecule has 0 atom stereocenters. The maximum Gasteiger partial charge on any atom is 0.242 e. The number of amides is 3. The smallest absolute Gasteiger partial charge is 0.242 e. The van der Waals surface area contributed by atoms with Crippen LogP contribution in [-0.4, -0.2) is 73.3 Å².